The van der Waals surface area contributed by atoms with E-state index >= 15 is 0 Å². The van der Waals surface area contributed by atoms with Gasteiger partial charge in [-0.3, -0.25) is 0 Å². The molecule has 10 heteroatoms. The maximum atomic E-state index is 12.7. The molecule has 3 aromatic rings. The Labute approximate surface area is 205 Å². The Hall–Kier alpha value is -3.50. The SMILES string of the molecule is Cc1ccc(S(=O)(=O)NN=C2CCCC(=NNS(=O)(=O)c3ccc(C)cc3)c3ccccc32)cc1. The van der Waals surface area contributed by atoms with Crippen LogP contribution in [0.5, 0.6) is 0 Å². The highest BCUT2D eigenvalue weighted by Gasteiger charge is 2.21. The predicted octanol–water partition coefficient (Wildman–Crippen LogP) is 3.85. The minimum absolute atomic E-state index is 0.127. The van der Waals surface area contributed by atoms with Crippen LogP contribution in [0.3, 0.4) is 0 Å². The molecule has 182 valence electrons. The zero-order valence-corrected chi connectivity index (χ0v) is 21.0. The lowest BCUT2D eigenvalue weighted by molar-refractivity contribution is 0.582. The molecule has 0 aromatic heterocycles. The molecule has 0 bridgehead atoms. The molecule has 0 amide bonds. The van der Waals surface area contributed by atoms with Crippen molar-refractivity contribution in [1.29, 1.82) is 0 Å². The smallest absolute Gasteiger partial charge is 0.200 e. The number of hydrazone groups is 2. The van der Waals surface area contributed by atoms with E-state index in [1.165, 1.54) is 24.3 Å². The third kappa shape index (κ3) is 5.77. The molecule has 2 N–H and O–H groups in total. The second kappa shape index (κ2) is 10.0. The first kappa shape index (κ1) is 24.6. The van der Waals surface area contributed by atoms with Crippen molar-refractivity contribution in [2.75, 3.05) is 0 Å². The zero-order valence-electron chi connectivity index (χ0n) is 19.4. The molecule has 0 saturated carbocycles. The van der Waals surface area contributed by atoms with Gasteiger partial charge < -0.3 is 0 Å². The Kier molecular flexibility index (Phi) is 7.04. The van der Waals surface area contributed by atoms with E-state index in [2.05, 4.69) is 19.9 Å². The Morgan fingerprint density at radius 2 is 0.971 bits per heavy atom. The number of benzene rings is 3. The van der Waals surface area contributed by atoms with E-state index in [0.29, 0.717) is 41.8 Å². The molecule has 0 spiro atoms. The topological polar surface area (TPSA) is 117 Å². The summed E-state index contributed by atoms with van der Waals surface area (Å²) in [6, 6.07) is 20.3. The number of hydrogen-bond donors (Lipinski definition) is 2. The third-order valence-corrected chi connectivity index (χ3v) is 8.09. The van der Waals surface area contributed by atoms with Gasteiger partial charge in [-0.2, -0.15) is 36.7 Å². The van der Waals surface area contributed by atoms with Crippen molar-refractivity contribution in [2.45, 2.75) is 42.9 Å². The van der Waals surface area contributed by atoms with E-state index in [4.69, 9.17) is 0 Å². The molecule has 1 aliphatic carbocycles. The molecular weight excluding hydrogens is 484 g/mol. The third-order valence-electron chi connectivity index (χ3n) is 5.64. The van der Waals surface area contributed by atoms with Crippen molar-refractivity contribution in [1.82, 2.24) is 9.66 Å². The van der Waals surface area contributed by atoms with Crippen molar-refractivity contribution >= 4 is 31.5 Å². The Balaban J connectivity index is 1.62. The Morgan fingerprint density at radius 3 is 1.34 bits per heavy atom. The number of nitrogens with zero attached hydrogens (tertiary/aromatic N) is 2. The van der Waals surface area contributed by atoms with Crippen LogP contribution in [0, 0.1) is 13.8 Å². The molecule has 0 heterocycles. The van der Waals surface area contributed by atoms with E-state index in [0.717, 1.165) is 11.1 Å². The molecule has 0 radical (unpaired) electrons. The molecule has 0 fully saturated rings. The highest BCUT2D eigenvalue weighted by atomic mass is 32.2. The summed E-state index contributed by atoms with van der Waals surface area (Å²) in [5.41, 5.74) is 4.43. The van der Waals surface area contributed by atoms with Crippen molar-refractivity contribution in [3.63, 3.8) is 0 Å². The first-order chi connectivity index (χ1) is 16.7. The largest absolute Gasteiger partial charge is 0.276 e. The van der Waals surface area contributed by atoms with Gasteiger partial charge in [-0.05, 0) is 57.4 Å². The molecule has 0 aliphatic heterocycles. The van der Waals surface area contributed by atoms with Crippen LogP contribution in [0.2, 0.25) is 0 Å². The van der Waals surface area contributed by atoms with Crippen LogP contribution < -0.4 is 9.66 Å². The molecule has 0 unspecified atom stereocenters. The van der Waals surface area contributed by atoms with Crippen molar-refractivity contribution in [3.05, 3.63) is 95.1 Å². The second-order valence-electron chi connectivity index (χ2n) is 8.33. The number of fused-ring (bicyclic) bond motifs is 1. The number of rotatable bonds is 6. The van der Waals surface area contributed by atoms with Crippen LogP contribution in [0.1, 0.15) is 41.5 Å². The fraction of sp³-hybridized carbons (Fsp3) is 0.200. The molecule has 1 aliphatic rings. The van der Waals surface area contributed by atoms with Crippen LogP contribution in [-0.4, -0.2) is 28.3 Å². The van der Waals surface area contributed by atoms with E-state index < -0.39 is 20.0 Å². The van der Waals surface area contributed by atoms with Gasteiger partial charge in [-0.1, -0.05) is 59.7 Å². The summed E-state index contributed by atoms with van der Waals surface area (Å²) in [6.45, 7) is 3.76. The van der Waals surface area contributed by atoms with Gasteiger partial charge in [0.2, 0.25) is 0 Å². The average molecular weight is 511 g/mol. The number of sulfonamides is 2. The van der Waals surface area contributed by atoms with Gasteiger partial charge >= 0.3 is 0 Å². The van der Waals surface area contributed by atoms with Crippen LogP contribution in [0.25, 0.3) is 0 Å². The molecule has 3 aromatic carbocycles. The summed E-state index contributed by atoms with van der Waals surface area (Å²) in [5.74, 6) is 0. The maximum absolute atomic E-state index is 12.7. The first-order valence-corrected chi connectivity index (χ1v) is 14.0. The summed E-state index contributed by atoms with van der Waals surface area (Å²) in [7, 11) is -7.65. The quantitative estimate of drug-likeness (QED) is 0.387. The number of nitrogens with one attached hydrogen (secondary N) is 2. The van der Waals surface area contributed by atoms with Gasteiger partial charge in [0.1, 0.15) is 0 Å². The molecule has 0 saturated heterocycles. The lowest BCUT2D eigenvalue weighted by atomic mass is 10.0. The standard InChI is InChI=1S/C25H26N4O4S2/c1-18-10-14-20(15-11-18)34(30,31)28-26-24-8-5-9-25(23-7-4-3-6-22(23)24)27-29-35(32,33)21-16-12-19(2)13-17-21/h3-4,6-7,10-17,28-29H,5,8-9H2,1-2H3. The fourth-order valence-electron chi connectivity index (χ4n) is 3.68. The van der Waals surface area contributed by atoms with Crippen LogP contribution >= 0.6 is 0 Å². The summed E-state index contributed by atoms with van der Waals surface area (Å²) < 4.78 is 50.8. The highest BCUT2D eigenvalue weighted by Crippen LogP contribution is 2.22. The fourth-order valence-corrected chi connectivity index (χ4v) is 5.34. The second-order valence-corrected chi connectivity index (χ2v) is 11.7. The minimum Gasteiger partial charge on any atom is -0.200 e. The summed E-state index contributed by atoms with van der Waals surface area (Å²) in [5, 5.41) is 8.48. The summed E-state index contributed by atoms with van der Waals surface area (Å²) >= 11 is 0. The van der Waals surface area contributed by atoms with E-state index in [1.54, 1.807) is 24.3 Å². The van der Waals surface area contributed by atoms with Gasteiger partial charge in [-0.25, -0.2) is 0 Å². The van der Waals surface area contributed by atoms with Crippen molar-refractivity contribution in [2.24, 2.45) is 10.2 Å². The number of hydrogen-bond acceptors (Lipinski definition) is 6. The zero-order chi connectivity index (χ0) is 25.1. The van der Waals surface area contributed by atoms with E-state index in [9.17, 15) is 16.8 Å². The minimum atomic E-state index is -3.83. The summed E-state index contributed by atoms with van der Waals surface area (Å²) in [6.07, 6.45) is 1.61. The number of aryl methyl sites for hydroxylation is 2. The van der Waals surface area contributed by atoms with Crippen molar-refractivity contribution in [3.8, 4) is 0 Å². The molecular formula is C25H26N4O4S2. The van der Waals surface area contributed by atoms with Crippen LogP contribution in [0.15, 0.2) is 92.8 Å². The van der Waals surface area contributed by atoms with Gasteiger partial charge in [-0.15, -0.1) is 0 Å². The van der Waals surface area contributed by atoms with Crippen molar-refractivity contribution < 1.29 is 16.8 Å². The predicted molar refractivity (Wildman–Crippen MR) is 136 cm³/mol. The van der Waals surface area contributed by atoms with E-state index in [1.807, 2.05) is 38.1 Å². The van der Waals surface area contributed by atoms with E-state index in [-0.39, 0.29) is 9.79 Å². The lowest BCUT2D eigenvalue weighted by Crippen LogP contribution is -2.22. The van der Waals surface area contributed by atoms with Crippen LogP contribution in [0.4, 0.5) is 0 Å². The average Bonchev–Trinajstić information content (AvgIpc) is 3.01. The normalized spacial score (nSPS) is 16.5. The monoisotopic (exact) mass is 510 g/mol. The Bertz CT molecular complexity index is 1380. The lowest BCUT2D eigenvalue weighted by Gasteiger charge is -2.11. The first-order valence-electron chi connectivity index (χ1n) is 11.1. The van der Waals surface area contributed by atoms with Gasteiger partial charge in [0.25, 0.3) is 20.0 Å². The molecule has 0 atom stereocenters. The molecule has 35 heavy (non-hydrogen) atoms. The van der Waals surface area contributed by atoms with Gasteiger partial charge in [0.05, 0.1) is 21.2 Å². The summed E-state index contributed by atoms with van der Waals surface area (Å²) in [4.78, 5) is 4.93. The van der Waals surface area contributed by atoms with Crippen LogP contribution in [-0.2, 0) is 20.0 Å². The van der Waals surface area contributed by atoms with Gasteiger partial charge in [0.15, 0.2) is 0 Å². The van der Waals surface area contributed by atoms with Gasteiger partial charge in [0, 0.05) is 11.1 Å². The molecule has 4 rings (SSSR count). The highest BCUT2D eigenvalue weighted by molar-refractivity contribution is 7.89. The molecule has 8 nitrogen and oxygen atoms in total. The maximum Gasteiger partial charge on any atom is 0.276 e. The Morgan fingerprint density at radius 1 is 0.600 bits per heavy atom.